The quantitative estimate of drug-likeness (QED) is 0.879. The van der Waals surface area contributed by atoms with Crippen LogP contribution in [0.1, 0.15) is 13.3 Å². The van der Waals surface area contributed by atoms with Crippen molar-refractivity contribution in [2.24, 2.45) is 0 Å². The lowest BCUT2D eigenvalue weighted by molar-refractivity contribution is 0.317. The molecule has 0 aliphatic rings. The van der Waals surface area contributed by atoms with Gasteiger partial charge in [0.1, 0.15) is 11.5 Å². The number of nitrogens with zero attached hydrogens (tertiary/aromatic N) is 1. The molecule has 0 amide bonds. The van der Waals surface area contributed by atoms with Crippen molar-refractivity contribution in [2.45, 2.75) is 13.3 Å². The monoisotopic (exact) mass is 246 g/mol. The smallest absolute Gasteiger partial charge is 0.267 e. The number of hydrogen-bond acceptors (Lipinski definition) is 4. The van der Waals surface area contributed by atoms with Crippen LogP contribution in [0, 0.1) is 0 Å². The zero-order valence-electron chi connectivity index (χ0n) is 10.1. The normalized spacial score (nSPS) is 10.1. The largest absolute Gasteiger partial charge is 0.494 e. The van der Waals surface area contributed by atoms with E-state index in [-0.39, 0.29) is 5.56 Å². The number of rotatable bonds is 5. The first-order chi connectivity index (χ1) is 8.78. The molecule has 0 fully saturated rings. The van der Waals surface area contributed by atoms with Gasteiger partial charge in [0, 0.05) is 6.07 Å². The van der Waals surface area contributed by atoms with Gasteiger partial charge in [0.05, 0.1) is 12.8 Å². The van der Waals surface area contributed by atoms with E-state index in [0.29, 0.717) is 18.1 Å². The summed E-state index contributed by atoms with van der Waals surface area (Å²) < 4.78 is 10.9. The molecular formula is C13H14N2O3. The van der Waals surface area contributed by atoms with Crippen LogP contribution in [0.15, 0.2) is 41.3 Å². The van der Waals surface area contributed by atoms with E-state index in [1.807, 2.05) is 12.1 Å². The average molecular weight is 246 g/mol. The zero-order chi connectivity index (χ0) is 12.8. The van der Waals surface area contributed by atoms with E-state index < -0.39 is 0 Å². The van der Waals surface area contributed by atoms with E-state index >= 15 is 0 Å². The molecule has 0 aliphatic heterocycles. The Morgan fingerprint density at radius 2 is 1.89 bits per heavy atom. The fraction of sp³-hybridized carbons (Fsp3) is 0.231. The summed E-state index contributed by atoms with van der Waals surface area (Å²) in [7, 11) is 0. The number of aromatic amines is 1. The summed E-state index contributed by atoms with van der Waals surface area (Å²) in [4.78, 5) is 11.0. The molecule has 0 bridgehead atoms. The summed E-state index contributed by atoms with van der Waals surface area (Å²) in [6.45, 7) is 2.75. The van der Waals surface area contributed by atoms with E-state index in [2.05, 4.69) is 17.1 Å². The zero-order valence-corrected chi connectivity index (χ0v) is 10.1. The molecule has 1 aromatic heterocycles. The fourth-order valence-electron chi connectivity index (χ4n) is 1.37. The molecule has 1 aromatic carbocycles. The first-order valence-electron chi connectivity index (χ1n) is 5.73. The second-order valence-corrected chi connectivity index (χ2v) is 3.70. The van der Waals surface area contributed by atoms with Crippen molar-refractivity contribution >= 4 is 0 Å². The van der Waals surface area contributed by atoms with Crippen molar-refractivity contribution < 1.29 is 9.47 Å². The Morgan fingerprint density at radius 3 is 2.56 bits per heavy atom. The van der Waals surface area contributed by atoms with E-state index in [0.717, 1.165) is 12.2 Å². The van der Waals surface area contributed by atoms with Gasteiger partial charge in [-0.05, 0) is 30.7 Å². The minimum Gasteiger partial charge on any atom is -0.494 e. The molecule has 2 aromatic rings. The van der Waals surface area contributed by atoms with Crippen molar-refractivity contribution in [1.29, 1.82) is 0 Å². The Bertz CT molecular complexity index is 549. The maximum absolute atomic E-state index is 11.0. The highest BCUT2D eigenvalue weighted by Gasteiger charge is 1.99. The molecule has 1 N–H and O–H groups in total. The summed E-state index contributed by atoms with van der Waals surface area (Å²) in [6.07, 6.45) is 2.42. The second kappa shape index (κ2) is 5.86. The third-order valence-corrected chi connectivity index (χ3v) is 2.17. The summed E-state index contributed by atoms with van der Waals surface area (Å²) in [5, 5.41) is 5.94. The summed E-state index contributed by atoms with van der Waals surface area (Å²) >= 11 is 0. The number of ether oxygens (including phenoxy) is 2. The Labute approximate surface area is 104 Å². The van der Waals surface area contributed by atoms with E-state index in [1.54, 1.807) is 12.1 Å². The molecule has 5 nitrogen and oxygen atoms in total. The highest BCUT2D eigenvalue weighted by molar-refractivity contribution is 5.34. The summed E-state index contributed by atoms with van der Waals surface area (Å²) in [5.74, 6) is 1.83. The van der Waals surface area contributed by atoms with Crippen molar-refractivity contribution in [3.63, 3.8) is 0 Å². The Balaban J connectivity index is 2.04. The molecular weight excluding hydrogens is 232 g/mol. The number of H-pyrrole nitrogens is 1. The van der Waals surface area contributed by atoms with Crippen molar-refractivity contribution in [3.8, 4) is 17.2 Å². The first-order valence-corrected chi connectivity index (χ1v) is 5.73. The van der Waals surface area contributed by atoms with Gasteiger partial charge in [-0.25, -0.2) is 5.10 Å². The molecule has 0 radical (unpaired) electrons. The van der Waals surface area contributed by atoms with Crippen LogP contribution in [0.2, 0.25) is 0 Å². The van der Waals surface area contributed by atoms with Gasteiger partial charge in [0.25, 0.3) is 5.56 Å². The van der Waals surface area contributed by atoms with Crippen molar-refractivity contribution in [1.82, 2.24) is 10.2 Å². The van der Waals surface area contributed by atoms with Crippen LogP contribution in [-0.4, -0.2) is 16.8 Å². The van der Waals surface area contributed by atoms with Gasteiger partial charge in [0.2, 0.25) is 0 Å². The molecule has 94 valence electrons. The molecule has 5 heteroatoms. The summed E-state index contributed by atoms with van der Waals surface area (Å²) in [6, 6.07) is 8.56. The number of aromatic nitrogens is 2. The Hall–Kier alpha value is -2.30. The molecule has 0 aliphatic carbocycles. The molecule has 1 heterocycles. The topological polar surface area (TPSA) is 64.2 Å². The third-order valence-electron chi connectivity index (χ3n) is 2.17. The van der Waals surface area contributed by atoms with Gasteiger partial charge in [-0.15, -0.1) is 0 Å². The van der Waals surface area contributed by atoms with Crippen molar-refractivity contribution in [3.05, 3.63) is 46.9 Å². The maximum Gasteiger partial charge on any atom is 0.267 e. The van der Waals surface area contributed by atoms with Crippen LogP contribution < -0.4 is 15.0 Å². The van der Waals surface area contributed by atoms with Gasteiger partial charge in [-0.3, -0.25) is 4.79 Å². The van der Waals surface area contributed by atoms with E-state index in [4.69, 9.17) is 9.47 Å². The van der Waals surface area contributed by atoms with Crippen LogP contribution in [-0.2, 0) is 0 Å². The minimum atomic E-state index is -0.296. The van der Waals surface area contributed by atoms with Crippen LogP contribution >= 0.6 is 0 Å². The highest BCUT2D eigenvalue weighted by Crippen LogP contribution is 2.22. The molecule has 0 saturated heterocycles. The highest BCUT2D eigenvalue weighted by atomic mass is 16.5. The van der Waals surface area contributed by atoms with Crippen LogP contribution in [0.5, 0.6) is 17.2 Å². The van der Waals surface area contributed by atoms with Gasteiger partial charge in [-0.2, -0.15) is 5.10 Å². The molecule has 2 rings (SSSR count). The first kappa shape index (κ1) is 12.2. The predicted molar refractivity (Wildman–Crippen MR) is 67.2 cm³/mol. The predicted octanol–water partition coefficient (Wildman–Crippen LogP) is 2.35. The molecule has 18 heavy (non-hydrogen) atoms. The van der Waals surface area contributed by atoms with Crippen molar-refractivity contribution in [2.75, 3.05) is 6.61 Å². The number of hydrogen-bond donors (Lipinski definition) is 1. The maximum atomic E-state index is 11.0. The third kappa shape index (κ3) is 3.35. The van der Waals surface area contributed by atoms with E-state index in [1.165, 1.54) is 12.3 Å². The minimum absolute atomic E-state index is 0.296. The standard InChI is InChI=1S/C13H14N2O3/c1-2-7-17-10-3-5-11(6-4-10)18-12-8-13(16)15-14-9-12/h3-6,8-9H,2,7H2,1H3,(H,15,16). The fourth-order valence-corrected chi connectivity index (χ4v) is 1.37. The number of benzene rings is 1. The summed E-state index contributed by atoms with van der Waals surface area (Å²) in [5.41, 5.74) is -0.296. The lowest BCUT2D eigenvalue weighted by Crippen LogP contribution is -2.05. The van der Waals surface area contributed by atoms with Gasteiger partial charge < -0.3 is 9.47 Å². The van der Waals surface area contributed by atoms with Gasteiger partial charge in [-0.1, -0.05) is 6.92 Å². The van der Waals surface area contributed by atoms with E-state index in [9.17, 15) is 4.79 Å². The average Bonchev–Trinajstić information content (AvgIpc) is 2.38. The van der Waals surface area contributed by atoms with Gasteiger partial charge in [0.15, 0.2) is 5.75 Å². The molecule has 0 saturated carbocycles. The SMILES string of the molecule is CCCOc1ccc(Oc2cn[nH]c(=O)c2)cc1. The van der Waals surface area contributed by atoms with Crippen LogP contribution in [0.25, 0.3) is 0 Å². The Morgan fingerprint density at radius 1 is 1.17 bits per heavy atom. The Kier molecular flexibility index (Phi) is 3.96. The lowest BCUT2D eigenvalue weighted by Gasteiger charge is -2.07. The molecule has 0 unspecified atom stereocenters. The lowest BCUT2D eigenvalue weighted by atomic mass is 10.3. The van der Waals surface area contributed by atoms with Gasteiger partial charge >= 0.3 is 0 Å². The van der Waals surface area contributed by atoms with Crippen LogP contribution in [0.4, 0.5) is 0 Å². The molecule has 0 spiro atoms. The second-order valence-electron chi connectivity index (χ2n) is 3.70. The molecule has 0 atom stereocenters. The van der Waals surface area contributed by atoms with Crippen LogP contribution in [0.3, 0.4) is 0 Å². The number of nitrogens with one attached hydrogen (secondary N) is 1.